The Hall–Kier alpha value is -3.01. The van der Waals surface area contributed by atoms with Crippen molar-refractivity contribution in [3.05, 3.63) is 58.0 Å². The molecule has 5 rings (SSSR count). The Kier molecular flexibility index (Phi) is 5.62. The average Bonchev–Trinajstić information content (AvgIpc) is 3.21. The number of carbonyl (C=O) groups excluding carboxylic acids is 1. The normalized spacial score (nSPS) is 23.8. The first-order chi connectivity index (χ1) is 16.5. The molecule has 5 heterocycles. The summed E-state index contributed by atoms with van der Waals surface area (Å²) < 4.78 is 42.0. The minimum absolute atomic E-state index is 0.0306. The van der Waals surface area contributed by atoms with Crippen LogP contribution < -0.4 is 0 Å². The van der Waals surface area contributed by atoms with Crippen LogP contribution in [0.4, 0.5) is 13.2 Å². The van der Waals surface area contributed by atoms with Gasteiger partial charge in [-0.25, -0.2) is 9.97 Å². The van der Waals surface area contributed by atoms with Crippen LogP contribution in [0.5, 0.6) is 0 Å². The summed E-state index contributed by atoms with van der Waals surface area (Å²) in [5.74, 6) is 0.161. The van der Waals surface area contributed by atoms with Crippen molar-refractivity contribution in [2.75, 3.05) is 0 Å². The van der Waals surface area contributed by atoms with Crippen molar-refractivity contribution in [3.8, 4) is 11.3 Å². The molecule has 35 heavy (non-hydrogen) atoms. The maximum absolute atomic E-state index is 13.8. The zero-order chi connectivity index (χ0) is 25.2. The number of aryl methyl sites for hydroxylation is 2. The number of pyridine rings is 1. The predicted octanol–water partition coefficient (Wildman–Crippen LogP) is 5.04. The minimum Gasteiger partial charge on any atom is -0.326 e. The first kappa shape index (κ1) is 23.7. The number of amides is 1. The van der Waals surface area contributed by atoms with Gasteiger partial charge < -0.3 is 4.90 Å². The molecule has 184 valence electrons. The smallest absolute Gasteiger partial charge is 0.326 e. The Balaban J connectivity index is 1.66. The van der Waals surface area contributed by atoms with E-state index in [-0.39, 0.29) is 23.4 Å². The molecular weight excluding hydrogens is 481 g/mol. The van der Waals surface area contributed by atoms with Gasteiger partial charge >= 0.3 is 6.18 Å². The molecule has 4 atom stereocenters. The van der Waals surface area contributed by atoms with Gasteiger partial charge in [-0.05, 0) is 37.7 Å². The van der Waals surface area contributed by atoms with E-state index >= 15 is 0 Å². The topological polar surface area (TPSA) is 76.8 Å². The summed E-state index contributed by atoms with van der Waals surface area (Å²) in [4.78, 5) is 28.4. The van der Waals surface area contributed by atoms with E-state index in [1.54, 1.807) is 22.7 Å². The molecule has 0 saturated carbocycles. The van der Waals surface area contributed by atoms with Crippen molar-refractivity contribution in [1.82, 2.24) is 29.6 Å². The highest BCUT2D eigenvalue weighted by molar-refractivity contribution is 6.34. The van der Waals surface area contributed by atoms with Crippen molar-refractivity contribution in [2.24, 2.45) is 18.9 Å². The van der Waals surface area contributed by atoms with E-state index in [4.69, 9.17) is 21.6 Å². The molecule has 0 radical (unpaired) electrons. The first-order valence-corrected chi connectivity index (χ1v) is 11.8. The lowest BCUT2D eigenvalue weighted by Gasteiger charge is -2.52. The SMILES string of the molecule is Cc1nc(-c2cnn(C)c2)c2c(n1)[C@H]1[C@H](C)C[C@H](C)[C@@H](C2)N1C(=O)c1ccnc(C(F)(F)F)c1Cl. The number of halogens is 4. The molecule has 3 aromatic rings. The molecule has 0 unspecified atom stereocenters. The molecule has 2 aliphatic heterocycles. The second kappa shape index (κ2) is 8.29. The van der Waals surface area contributed by atoms with E-state index in [0.717, 1.165) is 35.1 Å². The summed E-state index contributed by atoms with van der Waals surface area (Å²) >= 11 is 6.11. The monoisotopic (exact) mass is 504 g/mol. The fourth-order valence-corrected chi connectivity index (χ4v) is 5.90. The zero-order valence-corrected chi connectivity index (χ0v) is 20.4. The van der Waals surface area contributed by atoms with E-state index in [2.05, 4.69) is 17.0 Å². The molecule has 1 amide bonds. The van der Waals surface area contributed by atoms with Crippen molar-refractivity contribution in [1.29, 1.82) is 0 Å². The molecule has 0 aromatic carbocycles. The number of carbonyl (C=O) groups is 1. The van der Waals surface area contributed by atoms with Gasteiger partial charge in [-0.3, -0.25) is 14.5 Å². The molecular formula is C24H24ClF3N6O. The summed E-state index contributed by atoms with van der Waals surface area (Å²) in [5, 5.41) is 3.60. The van der Waals surface area contributed by atoms with Crippen LogP contribution in [0.2, 0.25) is 5.02 Å². The van der Waals surface area contributed by atoms with E-state index in [0.29, 0.717) is 12.2 Å². The molecule has 1 saturated heterocycles. The van der Waals surface area contributed by atoms with Gasteiger partial charge in [0.05, 0.1) is 34.2 Å². The van der Waals surface area contributed by atoms with E-state index in [9.17, 15) is 18.0 Å². The van der Waals surface area contributed by atoms with Crippen molar-refractivity contribution < 1.29 is 18.0 Å². The van der Waals surface area contributed by atoms with Crippen LogP contribution in [-0.4, -0.2) is 41.6 Å². The van der Waals surface area contributed by atoms with E-state index in [1.807, 2.05) is 20.2 Å². The highest BCUT2D eigenvalue weighted by Gasteiger charge is 2.49. The molecule has 0 N–H and O–H groups in total. The third kappa shape index (κ3) is 3.87. The molecule has 0 spiro atoms. The highest BCUT2D eigenvalue weighted by atomic mass is 35.5. The standard InChI is InChI=1S/C24H24ClF3N6O/c1-11-7-12(2)21-20-16(19(31-13(3)32-20)14-9-30-33(4)10-14)8-17(11)34(21)23(35)15-5-6-29-22(18(15)25)24(26,27)28/h5-6,9-12,17,21H,7-8H2,1-4H3/t11-,12+,17+,21+/m0/s1. The summed E-state index contributed by atoms with van der Waals surface area (Å²) in [5.41, 5.74) is 1.88. The maximum Gasteiger partial charge on any atom is 0.434 e. The Morgan fingerprint density at radius 1 is 1.20 bits per heavy atom. The third-order valence-corrected chi connectivity index (χ3v) is 7.42. The van der Waals surface area contributed by atoms with Gasteiger partial charge in [0.25, 0.3) is 5.91 Å². The minimum atomic E-state index is -4.76. The third-order valence-electron chi connectivity index (χ3n) is 7.04. The highest BCUT2D eigenvalue weighted by Crippen LogP contribution is 2.49. The second-order valence-electron chi connectivity index (χ2n) is 9.52. The van der Waals surface area contributed by atoms with Gasteiger partial charge in [0.2, 0.25) is 0 Å². The van der Waals surface area contributed by atoms with Crippen LogP contribution in [0.1, 0.15) is 59.4 Å². The van der Waals surface area contributed by atoms with Crippen LogP contribution in [0, 0.1) is 18.8 Å². The van der Waals surface area contributed by atoms with Crippen LogP contribution in [-0.2, 0) is 19.6 Å². The van der Waals surface area contributed by atoms with Gasteiger partial charge in [0, 0.05) is 36.6 Å². The molecule has 3 aromatic heterocycles. The number of nitrogens with zero attached hydrogens (tertiary/aromatic N) is 6. The summed E-state index contributed by atoms with van der Waals surface area (Å²) in [6, 6.07) is 0.604. The fourth-order valence-electron chi connectivity index (χ4n) is 5.61. The number of aromatic nitrogens is 5. The largest absolute Gasteiger partial charge is 0.434 e. The van der Waals surface area contributed by atoms with Gasteiger partial charge in [-0.2, -0.15) is 18.3 Å². The number of rotatable bonds is 2. The molecule has 2 bridgehead atoms. The first-order valence-electron chi connectivity index (χ1n) is 11.4. The summed E-state index contributed by atoms with van der Waals surface area (Å²) in [6.07, 6.45) is 1.21. The predicted molar refractivity (Wildman–Crippen MR) is 123 cm³/mol. The number of piperidine rings is 1. The van der Waals surface area contributed by atoms with Crippen LogP contribution in [0.25, 0.3) is 11.3 Å². The van der Waals surface area contributed by atoms with Gasteiger partial charge in [0.1, 0.15) is 5.82 Å². The Bertz CT molecular complexity index is 1320. The van der Waals surface area contributed by atoms with E-state index in [1.165, 1.54) is 6.07 Å². The van der Waals surface area contributed by atoms with Crippen LogP contribution >= 0.6 is 11.6 Å². The van der Waals surface area contributed by atoms with Gasteiger partial charge in [0.15, 0.2) is 5.69 Å². The van der Waals surface area contributed by atoms with Crippen LogP contribution in [0.15, 0.2) is 24.7 Å². The van der Waals surface area contributed by atoms with Crippen molar-refractivity contribution >= 4 is 17.5 Å². The number of alkyl halides is 3. The van der Waals surface area contributed by atoms with Gasteiger partial charge in [-0.1, -0.05) is 25.4 Å². The molecule has 1 fully saturated rings. The lowest BCUT2D eigenvalue weighted by Crippen LogP contribution is -2.56. The molecule has 0 aliphatic carbocycles. The quantitative estimate of drug-likeness (QED) is 0.489. The summed E-state index contributed by atoms with van der Waals surface area (Å²) in [7, 11) is 1.83. The lowest BCUT2D eigenvalue weighted by atomic mass is 9.71. The Morgan fingerprint density at radius 3 is 2.60 bits per heavy atom. The number of hydrogen-bond donors (Lipinski definition) is 0. The van der Waals surface area contributed by atoms with Crippen molar-refractivity contribution in [3.63, 3.8) is 0 Å². The fraction of sp³-hybridized carbons (Fsp3) is 0.458. The van der Waals surface area contributed by atoms with Crippen LogP contribution in [0.3, 0.4) is 0 Å². The van der Waals surface area contributed by atoms with Gasteiger partial charge in [-0.15, -0.1) is 0 Å². The number of hydrogen-bond acceptors (Lipinski definition) is 5. The summed E-state index contributed by atoms with van der Waals surface area (Å²) in [6.45, 7) is 5.91. The maximum atomic E-state index is 13.8. The lowest BCUT2D eigenvalue weighted by molar-refractivity contribution is -0.141. The average molecular weight is 505 g/mol. The Labute approximate surface area is 205 Å². The zero-order valence-electron chi connectivity index (χ0n) is 19.6. The second-order valence-corrected chi connectivity index (χ2v) is 9.90. The van der Waals surface area contributed by atoms with Crippen molar-refractivity contribution in [2.45, 2.75) is 51.9 Å². The molecule has 11 heteroatoms. The molecule has 2 aliphatic rings. The van der Waals surface area contributed by atoms with E-state index < -0.39 is 28.8 Å². The number of fused-ring (bicyclic) bond motifs is 4. The molecule has 7 nitrogen and oxygen atoms in total. The Morgan fingerprint density at radius 2 is 1.94 bits per heavy atom.